The van der Waals surface area contributed by atoms with Crippen LogP contribution in [0.5, 0.6) is 5.88 Å². The molecule has 7 nitrogen and oxygen atoms in total. The highest BCUT2D eigenvalue weighted by molar-refractivity contribution is 5.93. The number of carbonyl (C=O) groups is 2. The zero-order valence-electron chi connectivity index (χ0n) is 15.6. The van der Waals surface area contributed by atoms with Crippen LogP contribution in [0.25, 0.3) is 0 Å². The Morgan fingerprint density at radius 2 is 1.96 bits per heavy atom. The number of amides is 2. The number of nitrogens with one attached hydrogen (secondary N) is 1. The molecule has 0 bridgehead atoms. The average Bonchev–Trinajstić information content (AvgIpc) is 3.46. The number of anilines is 1. The molecule has 3 rings (SSSR count). The molecule has 0 spiro atoms. The Bertz CT molecular complexity index is 620. The number of aromatic nitrogens is 1. The van der Waals surface area contributed by atoms with Crippen LogP contribution in [0.3, 0.4) is 0 Å². The van der Waals surface area contributed by atoms with Gasteiger partial charge >= 0.3 is 0 Å². The summed E-state index contributed by atoms with van der Waals surface area (Å²) in [7, 11) is 0. The minimum atomic E-state index is -0.0119. The first-order valence-electron chi connectivity index (χ1n) is 9.41. The third-order valence-electron chi connectivity index (χ3n) is 4.64. The summed E-state index contributed by atoms with van der Waals surface area (Å²) in [5.41, 5.74) is 0.654. The van der Waals surface area contributed by atoms with E-state index in [1.807, 2.05) is 4.90 Å². The molecule has 2 heterocycles. The van der Waals surface area contributed by atoms with Crippen LogP contribution in [-0.2, 0) is 9.59 Å². The molecule has 1 saturated heterocycles. The van der Waals surface area contributed by atoms with Gasteiger partial charge in [-0.1, -0.05) is 13.8 Å². The predicted octanol–water partition coefficient (Wildman–Crippen LogP) is 1.61. The highest BCUT2D eigenvalue weighted by Gasteiger charge is 2.29. The highest BCUT2D eigenvalue weighted by atomic mass is 16.5. The van der Waals surface area contributed by atoms with Crippen molar-refractivity contribution in [3.63, 3.8) is 0 Å². The van der Waals surface area contributed by atoms with E-state index in [9.17, 15) is 9.59 Å². The van der Waals surface area contributed by atoms with Crippen molar-refractivity contribution in [2.45, 2.75) is 26.7 Å². The van der Waals surface area contributed by atoms with Crippen molar-refractivity contribution in [1.82, 2.24) is 14.8 Å². The van der Waals surface area contributed by atoms with Crippen molar-refractivity contribution in [2.24, 2.45) is 11.8 Å². The van der Waals surface area contributed by atoms with E-state index in [0.29, 0.717) is 17.5 Å². The van der Waals surface area contributed by atoms with Gasteiger partial charge in [0.1, 0.15) is 0 Å². The van der Waals surface area contributed by atoms with Crippen LogP contribution in [-0.4, -0.2) is 65.9 Å². The second-order valence-electron chi connectivity index (χ2n) is 7.51. The first-order valence-corrected chi connectivity index (χ1v) is 9.41. The van der Waals surface area contributed by atoms with Crippen LogP contribution in [0.2, 0.25) is 0 Å². The summed E-state index contributed by atoms with van der Waals surface area (Å²) in [6, 6.07) is 3.42. The summed E-state index contributed by atoms with van der Waals surface area (Å²) in [5, 5.41) is 2.83. The number of pyridine rings is 1. The molecule has 2 amide bonds. The van der Waals surface area contributed by atoms with Gasteiger partial charge < -0.3 is 15.0 Å². The van der Waals surface area contributed by atoms with Gasteiger partial charge in [-0.2, -0.15) is 0 Å². The molecule has 0 unspecified atom stereocenters. The van der Waals surface area contributed by atoms with Crippen LogP contribution < -0.4 is 10.1 Å². The SMILES string of the molecule is CC(C)CN1CCN(C(=O)COc2ccc(NC(=O)C3CC3)cn2)CC1. The van der Waals surface area contributed by atoms with Crippen LogP contribution in [0.1, 0.15) is 26.7 Å². The molecule has 0 atom stereocenters. The molecule has 142 valence electrons. The summed E-state index contributed by atoms with van der Waals surface area (Å²) in [6.07, 6.45) is 3.49. The summed E-state index contributed by atoms with van der Waals surface area (Å²) >= 11 is 0. The quantitative estimate of drug-likeness (QED) is 0.800. The van der Waals surface area contributed by atoms with Gasteiger partial charge in [0, 0.05) is 44.7 Å². The van der Waals surface area contributed by atoms with Crippen molar-refractivity contribution in [2.75, 3.05) is 44.6 Å². The van der Waals surface area contributed by atoms with E-state index < -0.39 is 0 Å². The van der Waals surface area contributed by atoms with E-state index in [-0.39, 0.29) is 24.3 Å². The highest BCUT2D eigenvalue weighted by Crippen LogP contribution is 2.30. The van der Waals surface area contributed by atoms with Crippen molar-refractivity contribution >= 4 is 17.5 Å². The second-order valence-corrected chi connectivity index (χ2v) is 7.51. The predicted molar refractivity (Wildman–Crippen MR) is 98.9 cm³/mol. The molecule has 1 saturated carbocycles. The molecule has 1 aromatic heterocycles. The molecule has 0 radical (unpaired) electrons. The van der Waals surface area contributed by atoms with Gasteiger partial charge in [0.25, 0.3) is 5.91 Å². The lowest BCUT2D eigenvalue weighted by Gasteiger charge is -2.35. The largest absolute Gasteiger partial charge is 0.468 e. The van der Waals surface area contributed by atoms with Gasteiger partial charge in [0.15, 0.2) is 6.61 Å². The molecule has 26 heavy (non-hydrogen) atoms. The lowest BCUT2D eigenvalue weighted by Crippen LogP contribution is -2.50. The van der Waals surface area contributed by atoms with Gasteiger partial charge in [-0.15, -0.1) is 0 Å². The molecule has 2 aliphatic rings. The minimum Gasteiger partial charge on any atom is -0.468 e. The summed E-state index contributed by atoms with van der Waals surface area (Å²) in [6.45, 7) is 8.80. The van der Waals surface area contributed by atoms with E-state index in [2.05, 4.69) is 29.0 Å². The van der Waals surface area contributed by atoms with Gasteiger partial charge in [-0.05, 0) is 24.8 Å². The topological polar surface area (TPSA) is 74.8 Å². The first-order chi connectivity index (χ1) is 12.5. The summed E-state index contributed by atoms with van der Waals surface area (Å²) in [5.74, 6) is 1.23. The molecule has 1 aliphatic carbocycles. The van der Waals surface area contributed by atoms with Crippen LogP contribution in [0, 0.1) is 11.8 Å². The van der Waals surface area contributed by atoms with Crippen LogP contribution >= 0.6 is 0 Å². The number of nitrogens with zero attached hydrogens (tertiary/aromatic N) is 3. The number of hydrogen-bond donors (Lipinski definition) is 1. The maximum absolute atomic E-state index is 12.3. The maximum atomic E-state index is 12.3. The van der Waals surface area contributed by atoms with Gasteiger partial charge in [-0.3, -0.25) is 14.5 Å². The number of ether oxygens (including phenoxy) is 1. The van der Waals surface area contributed by atoms with E-state index in [1.54, 1.807) is 18.3 Å². The molecular weight excluding hydrogens is 332 g/mol. The van der Waals surface area contributed by atoms with Crippen molar-refractivity contribution in [3.8, 4) is 5.88 Å². The molecule has 1 aromatic rings. The first kappa shape index (κ1) is 18.6. The third-order valence-corrected chi connectivity index (χ3v) is 4.64. The molecular formula is C19H28N4O3. The third kappa shape index (κ3) is 5.42. The van der Waals surface area contributed by atoms with E-state index in [1.165, 1.54) is 0 Å². The average molecular weight is 360 g/mol. The van der Waals surface area contributed by atoms with Gasteiger partial charge in [-0.25, -0.2) is 4.98 Å². The van der Waals surface area contributed by atoms with Crippen molar-refractivity contribution in [3.05, 3.63) is 18.3 Å². The maximum Gasteiger partial charge on any atom is 0.260 e. The second kappa shape index (κ2) is 8.49. The lowest BCUT2D eigenvalue weighted by atomic mass is 10.2. The smallest absolute Gasteiger partial charge is 0.260 e. The van der Waals surface area contributed by atoms with Crippen molar-refractivity contribution < 1.29 is 14.3 Å². The number of carbonyl (C=O) groups excluding carboxylic acids is 2. The fraction of sp³-hybridized carbons (Fsp3) is 0.632. The number of hydrogen-bond acceptors (Lipinski definition) is 5. The normalized spacial score (nSPS) is 18.0. The Morgan fingerprint density at radius 1 is 1.23 bits per heavy atom. The molecule has 7 heteroatoms. The molecule has 0 aromatic carbocycles. The van der Waals surface area contributed by atoms with Crippen LogP contribution in [0.4, 0.5) is 5.69 Å². The zero-order valence-corrected chi connectivity index (χ0v) is 15.6. The standard InChI is InChI=1S/C19H28N4O3/c1-14(2)12-22-7-9-23(10-8-22)18(24)13-26-17-6-5-16(11-20-17)21-19(25)15-3-4-15/h5-6,11,14-15H,3-4,7-10,12-13H2,1-2H3,(H,21,25). The molecule has 2 fully saturated rings. The number of rotatable bonds is 7. The van der Waals surface area contributed by atoms with E-state index in [4.69, 9.17) is 4.74 Å². The number of piperazine rings is 1. The van der Waals surface area contributed by atoms with Gasteiger partial charge in [0.2, 0.25) is 11.8 Å². The molecule has 1 aliphatic heterocycles. The monoisotopic (exact) mass is 360 g/mol. The van der Waals surface area contributed by atoms with E-state index in [0.717, 1.165) is 45.6 Å². The zero-order chi connectivity index (χ0) is 18.5. The fourth-order valence-electron chi connectivity index (χ4n) is 3.05. The van der Waals surface area contributed by atoms with Crippen molar-refractivity contribution in [1.29, 1.82) is 0 Å². The molecule has 1 N–H and O–H groups in total. The fourth-order valence-corrected chi connectivity index (χ4v) is 3.05. The lowest BCUT2D eigenvalue weighted by molar-refractivity contribution is -0.135. The van der Waals surface area contributed by atoms with Crippen LogP contribution in [0.15, 0.2) is 18.3 Å². The summed E-state index contributed by atoms with van der Waals surface area (Å²) < 4.78 is 5.50. The Balaban J connectivity index is 1.39. The Kier molecular flexibility index (Phi) is 6.08. The van der Waals surface area contributed by atoms with Gasteiger partial charge in [0.05, 0.1) is 11.9 Å². The Hall–Kier alpha value is -2.15. The Labute approximate surface area is 154 Å². The van der Waals surface area contributed by atoms with E-state index >= 15 is 0 Å². The summed E-state index contributed by atoms with van der Waals surface area (Å²) in [4.78, 5) is 32.4. The Morgan fingerprint density at radius 3 is 2.54 bits per heavy atom. The minimum absolute atomic E-state index is 0.00897.